The van der Waals surface area contributed by atoms with Crippen LogP contribution in [-0.4, -0.2) is 18.7 Å². The number of rotatable bonds is 2. The van der Waals surface area contributed by atoms with Crippen molar-refractivity contribution in [2.45, 2.75) is 29.9 Å². The third-order valence-electron chi connectivity index (χ3n) is 2.29. The highest BCUT2D eigenvalue weighted by Crippen LogP contribution is 2.34. The first-order chi connectivity index (χ1) is 6.51. The van der Waals surface area contributed by atoms with Crippen molar-refractivity contribution in [3.05, 3.63) is 23.0 Å². The normalized spacial score (nSPS) is 17.0. The maximum atomic E-state index is 11.8. The Labute approximate surface area is 88.0 Å². The van der Waals surface area contributed by atoms with Crippen molar-refractivity contribution in [3.63, 3.8) is 0 Å². The minimum atomic E-state index is -3.15. The van der Waals surface area contributed by atoms with Gasteiger partial charge in [-0.1, -0.05) is 11.6 Å². The monoisotopic (exact) mass is 231 g/mol. The van der Waals surface area contributed by atoms with Gasteiger partial charge in [0.1, 0.15) is 0 Å². The predicted octanol–water partition coefficient (Wildman–Crippen LogP) is 1.98. The smallest absolute Gasteiger partial charge is 0.182 e. The molecule has 1 aromatic rings. The fourth-order valence-corrected chi connectivity index (χ4v) is 3.07. The van der Waals surface area contributed by atoms with Gasteiger partial charge in [-0.25, -0.2) is 8.42 Å². The highest BCUT2D eigenvalue weighted by atomic mass is 35.5. The van der Waals surface area contributed by atoms with E-state index in [-0.39, 0.29) is 10.1 Å². The minimum absolute atomic E-state index is 0.205. The molecule has 0 bridgehead atoms. The highest BCUT2D eigenvalue weighted by Gasteiger charge is 2.37. The zero-order valence-electron chi connectivity index (χ0n) is 7.70. The molecule has 1 heterocycles. The number of sulfone groups is 1. The minimum Gasteiger partial charge on any atom is -0.259 e. The molecule has 3 nitrogen and oxygen atoms in total. The van der Waals surface area contributed by atoms with Crippen molar-refractivity contribution in [2.24, 2.45) is 0 Å². The Hall–Kier alpha value is -0.610. The molecule has 0 saturated heterocycles. The van der Waals surface area contributed by atoms with E-state index in [9.17, 15) is 8.42 Å². The van der Waals surface area contributed by atoms with E-state index in [1.807, 2.05) is 0 Å². The molecule has 0 aromatic carbocycles. The third-order valence-corrected chi connectivity index (χ3v) is 4.90. The fourth-order valence-electron chi connectivity index (χ4n) is 1.22. The number of hydrogen-bond acceptors (Lipinski definition) is 3. The van der Waals surface area contributed by atoms with Gasteiger partial charge in [0.2, 0.25) is 0 Å². The summed E-state index contributed by atoms with van der Waals surface area (Å²) in [5.41, 5.74) is 0.654. The van der Waals surface area contributed by atoms with Crippen LogP contribution >= 0.6 is 11.6 Å². The van der Waals surface area contributed by atoms with Crippen molar-refractivity contribution >= 4 is 21.4 Å². The van der Waals surface area contributed by atoms with E-state index < -0.39 is 9.84 Å². The summed E-state index contributed by atoms with van der Waals surface area (Å²) in [6, 6.07) is 1.48. The molecule has 0 unspecified atom stereocenters. The Morgan fingerprint density at radius 2 is 2.14 bits per heavy atom. The number of pyridine rings is 1. The summed E-state index contributed by atoms with van der Waals surface area (Å²) in [6.07, 6.45) is 2.90. The highest BCUT2D eigenvalue weighted by molar-refractivity contribution is 7.92. The van der Waals surface area contributed by atoms with Crippen molar-refractivity contribution in [2.75, 3.05) is 0 Å². The molecule has 0 spiro atoms. The number of aromatic nitrogens is 1. The summed E-state index contributed by atoms with van der Waals surface area (Å²) in [6.45, 7) is 1.75. The fraction of sp³-hybridized carbons (Fsp3) is 0.444. The second-order valence-electron chi connectivity index (χ2n) is 3.48. The lowest BCUT2D eigenvalue weighted by Gasteiger charge is -2.03. The van der Waals surface area contributed by atoms with Gasteiger partial charge in [0, 0.05) is 6.20 Å². The Bertz CT molecular complexity index is 466. The molecular weight excluding hydrogens is 222 g/mol. The Kier molecular flexibility index (Phi) is 2.27. The van der Waals surface area contributed by atoms with Crippen LogP contribution in [0.5, 0.6) is 0 Å². The number of aryl methyl sites for hydroxylation is 1. The Morgan fingerprint density at radius 3 is 2.64 bits per heavy atom. The maximum absolute atomic E-state index is 11.8. The molecule has 1 fully saturated rings. The Balaban J connectivity index is 2.46. The summed E-state index contributed by atoms with van der Waals surface area (Å²) in [4.78, 5) is 4.19. The largest absolute Gasteiger partial charge is 0.259 e. The molecule has 0 N–H and O–H groups in total. The summed E-state index contributed by atoms with van der Waals surface area (Å²) in [5, 5.41) is 0.204. The average Bonchev–Trinajstić information content (AvgIpc) is 2.92. The van der Waals surface area contributed by atoms with Crippen molar-refractivity contribution in [1.82, 2.24) is 4.98 Å². The van der Waals surface area contributed by atoms with E-state index >= 15 is 0 Å². The number of halogens is 1. The van der Waals surface area contributed by atoms with Gasteiger partial charge in [-0.2, -0.15) is 0 Å². The molecule has 1 aliphatic rings. The second kappa shape index (κ2) is 3.21. The van der Waals surface area contributed by atoms with E-state index in [2.05, 4.69) is 4.98 Å². The summed E-state index contributed by atoms with van der Waals surface area (Å²) in [5.74, 6) is 0. The van der Waals surface area contributed by atoms with Gasteiger partial charge in [-0.3, -0.25) is 4.98 Å². The van der Waals surface area contributed by atoms with Crippen LogP contribution in [-0.2, 0) is 9.84 Å². The standard InChI is InChI=1S/C9H10ClNO2S/c1-6-9(10)4-8(5-11-6)14(12,13)7-2-3-7/h4-5,7H,2-3H2,1H3. The zero-order chi connectivity index (χ0) is 10.3. The first-order valence-corrected chi connectivity index (χ1v) is 6.30. The number of nitrogens with zero attached hydrogens (tertiary/aromatic N) is 1. The summed E-state index contributed by atoms with van der Waals surface area (Å²) in [7, 11) is -3.15. The van der Waals surface area contributed by atoms with Gasteiger partial charge in [-0.15, -0.1) is 0 Å². The van der Waals surface area contributed by atoms with Crippen LogP contribution in [0.4, 0.5) is 0 Å². The van der Waals surface area contributed by atoms with E-state index in [4.69, 9.17) is 11.6 Å². The van der Waals surface area contributed by atoms with Crippen molar-refractivity contribution in [1.29, 1.82) is 0 Å². The predicted molar refractivity (Wildman–Crippen MR) is 54.2 cm³/mol. The van der Waals surface area contributed by atoms with Crippen LogP contribution in [0.15, 0.2) is 17.2 Å². The molecule has 1 aromatic heterocycles. The SMILES string of the molecule is Cc1ncc(S(=O)(=O)C2CC2)cc1Cl. The van der Waals surface area contributed by atoms with Gasteiger partial charge < -0.3 is 0 Å². The molecule has 0 amide bonds. The molecule has 0 radical (unpaired) electrons. The van der Waals surface area contributed by atoms with Crippen LogP contribution in [0.1, 0.15) is 18.5 Å². The third kappa shape index (κ3) is 1.64. The molecular formula is C9H10ClNO2S. The molecule has 14 heavy (non-hydrogen) atoms. The summed E-state index contributed by atoms with van der Waals surface area (Å²) >= 11 is 5.82. The van der Waals surface area contributed by atoms with E-state index in [0.717, 1.165) is 12.8 Å². The van der Waals surface area contributed by atoms with Crippen LogP contribution in [0.25, 0.3) is 0 Å². The molecule has 2 rings (SSSR count). The topological polar surface area (TPSA) is 47.0 Å². The van der Waals surface area contributed by atoms with E-state index in [1.54, 1.807) is 6.92 Å². The lowest BCUT2D eigenvalue weighted by molar-refractivity contribution is 0.594. The van der Waals surface area contributed by atoms with Crippen LogP contribution in [0, 0.1) is 6.92 Å². The molecule has 76 valence electrons. The Morgan fingerprint density at radius 1 is 1.50 bits per heavy atom. The van der Waals surface area contributed by atoms with Crippen LogP contribution in [0.2, 0.25) is 5.02 Å². The number of hydrogen-bond donors (Lipinski definition) is 0. The maximum Gasteiger partial charge on any atom is 0.182 e. The second-order valence-corrected chi connectivity index (χ2v) is 6.12. The molecule has 0 atom stereocenters. The first-order valence-electron chi connectivity index (χ1n) is 4.38. The lowest BCUT2D eigenvalue weighted by atomic mass is 10.4. The van der Waals surface area contributed by atoms with Gasteiger partial charge in [0.15, 0.2) is 9.84 Å². The average molecular weight is 232 g/mol. The first kappa shape index (κ1) is 9.93. The zero-order valence-corrected chi connectivity index (χ0v) is 9.27. The quantitative estimate of drug-likeness (QED) is 0.782. The molecule has 5 heteroatoms. The summed E-state index contributed by atoms with van der Waals surface area (Å²) < 4.78 is 23.5. The molecule has 1 aliphatic carbocycles. The van der Waals surface area contributed by atoms with E-state index in [1.165, 1.54) is 12.3 Å². The van der Waals surface area contributed by atoms with Crippen LogP contribution in [0.3, 0.4) is 0 Å². The van der Waals surface area contributed by atoms with Gasteiger partial charge in [-0.05, 0) is 25.8 Å². The van der Waals surface area contributed by atoms with Gasteiger partial charge in [0.05, 0.1) is 20.9 Å². The van der Waals surface area contributed by atoms with Crippen molar-refractivity contribution < 1.29 is 8.42 Å². The lowest BCUT2D eigenvalue weighted by Crippen LogP contribution is -2.07. The van der Waals surface area contributed by atoms with E-state index in [0.29, 0.717) is 10.7 Å². The molecule has 0 aliphatic heterocycles. The van der Waals surface area contributed by atoms with Gasteiger partial charge in [0.25, 0.3) is 0 Å². The van der Waals surface area contributed by atoms with Crippen molar-refractivity contribution in [3.8, 4) is 0 Å². The van der Waals surface area contributed by atoms with Crippen LogP contribution < -0.4 is 0 Å². The van der Waals surface area contributed by atoms with Gasteiger partial charge >= 0.3 is 0 Å². The molecule has 1 saturated carbocycles.